The summed E-state index contributed by atoms with van der Waals surface area (Å²) >= 11 is 5.56. The lowest BCUT2D eigenvalue weighted by atomic mass is 10.2. The fourth-order valence-corrected chi connectivity index (χ4v) is 2.34. The topological polar surface area (TPSA) is 67.5 Å². The van der Waals surface area contributed by atoms with Crippen LogP contribution in [0.5, 0.6) is 0 Å². The van der Waals surface area contributed by atoms with Gasteiger partial charge in [-0.1, -0.05) is 6.92 Å². The molecular weight excluding hydrogens is 252 g/mol. The Bertz CT molecular complexity index is 424. The second-order valence-corrected chi connectivity index (χ2v) is 6.38. The first-order valence-corrected chi connectivity index (χ1v) is 7.28. The van der Waals surface area contributed by atoms with Gasteiger partial charge in [-0.25, -0.2) is 8.42 Å². The Labute approximate surface area is 100 Å². The molecule has 92 valence electrons. The van der Waals surface area contributed by atoms with Gasteiger partial charge < -0.3 is 9.52 Å². The van der Waals surface area contributed by atoms with E-state index in [1.807, 2.05) is 0 Å². The van der Waals surface area contributed by atoms with Crippen LogP contribution in [0.15, 0.2) is 16.5 Å². The van der Waals surface area contributed by atoms with Gasteiger partial charge in [0.15, 0.2) is 5.22 Å². The van der Waals surface area contributed by atoms with Crippen molar-refractivity contribution in [3.8, 4) is 0 Å². The van der Waals surface area contributed by atoms with Crippen LogP contribution in [0.1, 0.15) is 31.6 Å². The van der Waals surface area contributed by atoms with Gasteiger partial charge in [0.2, 0.25) is 0 Å². The maximum Gasteiger partial charge on any atom is 0.193 e. The summed E-state index contributed by atoms with van der Waals surface area (Å²) in [7, 11) is -2.96. The molecule has 6 heteroatoms. The quantitative estimate of drug-likeness (QED) is 0.857. The maximum absolute atomic E-state index is 11.2. The zero-order valence-electron chi connectivity index (χ0n) is 9.02. The SMILES string of the molecule is CCS(=O)(=O)CCCC(O)c1ccc(Cl)o1. The van der Waals surface area contributed by atoms with Crippen LogP contribution in [0.4, 0.5) is 0 Å². The summed E-state index contributed by atoms with van der Waals surface area (Å²) in [5, 5.41) is 9.87. The van der Waals surface area contributed by atoms with E-state index in [0.717, 1.165) is 0 Å². The molecule has 4 nitrogen and oxygen atoms in total. The summed E-state index contributed by atoms with van der Waals surface area (Å²) in [4.78, 5) is 0. The van der Waals surface area contributed by atoms with E-state index in [-0.39, 0.29) is 16.7 Å². The third kappa shape index (κ3) is 4.15. The van der Waals surface area contributed by atoms with Gasteiger partial charge in [-0.15, -0.1) is 0 Å². The van der Waals surface area contributed by atoms with Crippen molar-refractivity contribution in [2.45, 2.75) is 25.9 Å². The zero-order valence-corrected chi connectivity index (χ0v) is 10.6. The number of rotatable bonds is 6. The Balaban J connectivity index is 2.39. The standard InChI is InChI=1S/C10H15ClO4S/c1-2-16(13,14)7-3-4-8(12)9-5-6-10(11)15-9/h5-6,8,12H,2-4,7H2,1H3. The lowest BCUT2D eigenvalue weighted by molar-refractivity contribution is 0.139. The maximum atomic E-state index is 11.2. The van der Waals surface area contributed by atoms with Gasteiger partial charge in [0.1, 0.15) is 21.7 Å². The van der Waals surface area contributed by atoms with E-state index in [2.05, 4.69) is 0 Å². The molecule has 0 spiro atoms. The molecule has 1 rings (SSSR count). The molecule has 1 N–H and O–H groups in total. The smallest absolute Gasteiger partial charge is 0.193 e. The van der Waals surface area contributed by atoms with Crippen LogP contribution < -0.4 is 0 Å². The number of aliphatic hydroxyl groups is 1. The number of furan rings is 1. The lowest BCUT2D eigenvalue weighted by Gasteiger charge is -2.07. The molecule has 0 aliphatic heterocycles. The summed E-state index contributed by atoms with van der Waals surface area (Å²) in [6, 6.07) is 3.13. The van der Waals surface area contributed by atoms with Crippen molar-refractivity contribution in [2.24, 2.45) is 0 Å². The first kappa shape index (κ1) is 13.5. The fraction of sp³-hybridized carbons (Fsp3) is 0.600. The summed E-state index contributed by atoms with van der Waals surface area (Å²) < 4.78 is 27.4. The molecule has 0 bridgehead atoms. The first-order chi connectivity index (χ1) is 7.44. The van der Waals surface area contributed by atoms with Crippen LogP contribution in [0, 0.1) is 0 Å². The van der Waals surface area contributed by atoms with E-state index >= 15 is 0 Å². The molecule has 1 aromatic rings. The van der Waals surface area contributed by atoms with Gasteiger partial charge >= 0.3 is 0 Å². The average Bonchev–Trinajstić information content (AvgIpc) is 2.64. The van der Waals surface area contributed by atoms with Gasteiger partial charge in [0, 0.05) is 5.75 Å². The number of halogens is 1. The van der Waals surface area contributed by atoms with Crippen LogP contribution in [0.2, 0.25) is 5.22 Å². The molecule has 0 saturated heterocycles. The highest BCUT2D eigenvalue weighted by molar-refractivity contribution is 7.91. The van der Waals surface area contributed by atoms with Crippen LogP contribution in [-0.4, -0.2) is 25.0 Å². The molecule has 0 aromatic carbocycles. The van der Waals surface area contributed by atoms with Crippen molar-refractivity contribution in [1.82, 2.24) is 0 Å². The van der Waals surface area contributed by atoms with Crippen molar-refractivity contribution in [2.75, 3.05) is 11.5 Å². The normalized spacial score (nSPS) is 13.9. The molecule has 0 aliphatic carbocycles. The van der Waals surface area contributed by atoms with Crippen LogP contribution in [0.3, 0.4) is 0 Å². The highest BCUT2D eigenvalue weighted by Crippen LogP contribution is 2.23. The summed E-state index contributed by atoms with van der Waals surface area (Å²) in [6.45, 7) is 1.61. The number of hydrogen-bond donors (Lipinski definition) is 1. The van der Waals surface area contributed by atoms with Gasteiger partial charge in [-0.2, -0.15) is 0 Å². The minimum atomic E-state index is -2.96. The highest BCUT2D eigenvalue weighted by atomic mass is 35.5. The van der Waals surface area contributed by atoms with Crippen molar-refractivity contribution in [3.05, 3.63) is 23.1 Å². The third-order valence-electron chi connectivity index (χ3n) is 2.30. The molecule has 0 aliphatic rings. The predicted octanol–water partition coefficient (Wildman–Crippen LogP) is 2.18. The predicted molar refractivity (Wildman–Crippen MR) is 62.2 cm³/mol. The third-order valence-corrected chi connectivity index (χ3v) is 4.29. The fourth-order valence-electron chi connectivity index (χ4n) is 1.29. The van der Waals surface area contributed by atoms with Crippen molar-refractivity contribution in [1.29, 1.82) is 0 Å². The molecule has 0 fully saturated rings. The molecule has 1 atom stereocenters. The molecule has 0 amide bonds. The second kappa shape index (κ2) is 5.70. The van der Waals surface area contributed by atoms with Crippen LogP contribution in [-0.2, 0) is 9.84 Å². The Kier molecular flexibility index (Phi) is 4.83. The van der Waals surface area contributed by atoms with Gasteiger partial charge in [-0.3, -0.25) is 0 Å². The zero-order chi connectivity index (χ0) is 12.2. The van der Waals surface area contributed by atoms with Crippen LogP contribution in [0.25, 0.3) is 0 Å². The molecule has 0 saturated carbocycles. The number of aliphatic hydroxyl groups excluding tert-OH is 1. The van der Waals surface area contributed by atoms with E-state index in [4.69, 9.17) is 16.0 Å². The minimum Gasteiger partial charge on any atom is -0.447 e. The molecular formula is C10H15ClO4S. The van der Waals surface area contributed by atoms with Crippen molar-refractivity contribution >= 4 is 21.4 Å². The Morgan fingerprint density at radius 3 is 2.69 bits per heavy atom. The van der Waals surface area contributed by atoms with E-state index in [0.29, 0.717) is 18.6 Å². The summed E-state index contributed by atoms with van der Waals surface area (Å²) in [5.74, 6) is 0.601. The lowest BCUT2D eigenvalue weighted by Crippen LogP contribution is -2.09. The average molecular weight is 267 g/mol. The van der Waals surface area contributed by atoms with E-state index in [1.165, 1.54) is 0 Å². The molecule has 16 heavy (non-hydrogen) atoms. The Hall–Kier alpha value is -0.520. The van der Waals surface area contributed by atoms with E-state index < -0.39 is 15.9 Å². The molecule has 0 radical (unpaired) electrons. The largest absolute Gasteiger partial charge is 0.447 e. The monoisotopic (exact) mass is 266 g/mol. The molecule has 1 unspecified atom stereocenters. The number of sulfone groups is 1. The van der Waals surface area contributed by atoms with Gasteiger partial charge in [-0.05, 0) is 36.6 Å². The van der Waals surface area contributed by atoms with Crippen molar-refractivity contribution < 1.29 is 17.9 Å². The van der Waals surface area contributed by atoms with E-state index in [9.17, 15) is 13.5 Å². The molecule has 1 aromatic heterocycles. The summed E-state index contributed by atoms with van der Waals surface area (Å²) in [5.41, 5.74) is 0. The minimum absolute atomic E-state index is 0.0923. The van der Waals surface area contributed by atoms with Gasteiger partial charge in [0.05, 0.1) is 5.75 Å². The Morgan fingerprint density at radius 2 is 2.19 bits per heavy atom. The van der Waals surface area contributed by atoms with Gasteiger partial charge in [0.25, 0.3) is 0 Å². The highest BCUT2D eigenvalue weighted by Gasteiger charge is 2.14. The second-order valence-electron chi connectivity index (χ2n) is 3.54. The molecule has 1 heterocycles. The van der Waals surface area contributed by atoms with Crippen molar-refractivity contribution in [3.63, 3.8) is 0 Å². The summed E-state index contributed by atoms with van der Waals surface area (Å²) in [6.07, 6.45) is -0.0294. The number of hydrogen-bond acceptors (Lipinski definition) is 4. The first-order valence-electron chi connectivity index (χ1n) is 5.08. The van der Waals surface area contributed by atoms with E-state index in [1.54, 1.807) is 19.1 Å². The Morgan fingerprint density at radius 1 is 1.50 bits per heavy atom. The van der Waals surface area contributed by atoms with Crippen LogP contribution >= 0.6 is 11.6 Å².